The van der Waals surface area contributed by atoms with E-state index < -0.39 is 0 Å². The Morgan fingerprint density at radius 1 is 1.42 bits per heavy atom. The summed E-state index contributed by atoms with van der Waals surface area (Å²) >= 11 is 3.28. The first-order chi connectivity index (χ1) is 5.79. The van der Waals surface area contributed by atoms with Crippen LogP contribution in [0.2, 0.25) is 0 Å². The van der Waals surface area contributed by atoms with Crippen molar-refractivity contribution in [2.45, 2.75) is 12.8 Å². The lowest BCUT2D eigenvalue weighted by molar-refractivity contribution is -0.118. The normalized spacial score (nSPS) is 24.8. The number of carbonyl (C=O) groups excluding carboxylic acids is 1. The number of hydrogen-bond acceptors (Lipinski definition) is 1. The van der Waals surface area contributed by atoms with E-state index in [0.717, 1.165) is 12.1 Å². The smallest absolute Gasteiger partial charge is 0.228 e. The van der Waals surface area contributed by atoms with Gasteiger partial charge in [0.05, 0.1) is 6.42 Å². The molecule has 3 heteroatoms. The Kier molecular flexibility index (Phi) is 1.89. The van der Waals surface area contributed by atoms with Gasteiger partial charge in [-0.3, -0.25) is 4.79 Å². The largest absolute Gasteiger partial charge is 0.326 e. The molecule has 1 aliphatic carbocycles. The summed E-state index contributed by atoms with van der Waals surface area (Å²) in [6.07, 6.45) is 5.41. The lowest BCUT2D eigenvalue weighted by atomic mass is 9.99. The quantitative estimate of drug-likeness (QED) is 0.672. The van der Waals surface area contributed by atoms with Gasteiger partial charge in [0, 0.05) is 5.70 Å². The molecule has 0 saturated carbocycles. The molecule has 0 aromatic heterocycles. The molecular weight excluding hydrogens is 218 g/mol. The summed E-state index contributed by atoms with van der Waals surface area (Å²) in [6.45, 7) is 0. The molecule has 0 atom stereocenters. The predicted octanol–water partition coefficient (Wildman–Crippen LogP) is 2.00. The average Bonchev–Trinajstić information content (AvgIpc) is 2.43. The van der Waals surface area contributed by atoms with Crippen LogP contribution in [0.5, 0.6) is 0 Å². The SMILES string of the molecule is O=C1CC2=C(C=CC(=CBr)C2)N1. The molecule has 12 heavy (non-hydrogen) atoms. The molecule has 0 saturated heterocycles. The standard InChI is InChI=1S/C9H8BrNO/c10-5-6-1-2-8-7(3-6)4-9(12)11-8/h1-2,5H,3-4H2,(H,11,12). The first kappa shape index (κ1) is 7.80. The summed E-state index contributed by atoms with van der Waals surface area (Å²) < 4.78 is 0. The van der Waals surface area contributed by atoms with Crippen LogP contribution < -0.4 is 5.32 Å². The topological polar surface area (TPSA) is 29.1 Å². The van der Waals surface area contributed by atoms with Crippen LogP contribution in [0, 0.1) is 0 Å². The van der Waals surface area contributed by atoms with E-state index in [4.69, 9.17) is 0 Å². The van der Waals surface area contributed by atoms with Crippen LogP contribution in [-0.4, -0.2) is 5.91 Å². The van der Waals surface area contributed by atoms with E-state index in [1.165, 1.54) is 11.1 Å². The molecule has 0 aromatic carbocycles. The van der Waals surface area contributed by atoms with Crippen LogP contribution in [-0.2, 0) is 4.79 Å². The molecule has 0 unspecified atom stereocenters. The van der Waals surface area contributed by atoms with Crippen LogP contribution in [0.1, 0.15) is 12.8 Å². The van der Waals surface area contributed by atoms with E-state index in [-0.39, 0.29) is 5.91 Å². The number of rotatable bonds is 0. The van der Waals surface area contributed by atoms with E-state index in [9.17, 15) is 4.79 Å². The molecule has 1 N–H and O–H groups in total. The Morgan fingerprint density at radius 3 is 3.00 bits per heavy atom. The van der Waals surface area contributed by atoms with E-state index in [2.05, 4.69) is 21.2 Å². The van der Waals surface area contributed by atoms with Crippen molar-refractivity contribution in [1.29, 1.82) is 0 Å². The summed E-state index contributed by atoms with van der Waals surface area (Å²) in [6, 6.07) is 0. The molecule has 1 aliphatic heterocycles. The fourth-order valence-corrected chi connectivity index (χ4v) is 1.77. The summed E-state index contributed by atoms with van der Waals surface area (Å²) in [4.78, 5) is 12.9. The third kappa shape index (κ3) is 1.25. The lowest BCUT2D eigenvalue weighted by Crippen LogP contribution is -2.13. The Bertz CT molecular complexity index is 325. The Labute approximate surface area is 79.2 Å². The molecule has 2 aliphatic rings. The summed E-state index contributed by atoms with van der Waals surface area (Å²) in [5.74, 6) is 0.112. The molecule has 0 aromatic rings. The highest BCUT2D eigenvalue weighted by atomic mass is 79.9. The third-order valence-electron chi connectivity index (χ3n) is 2.05. The molecule has 0 fully saturated rings. The minimum Gasteiger partial charge on any atom is -0.326 e. The second-order valence-electron chi connectivity index (χ2n) is 2.94. The summed E-state index contributed by atoms with van der Waals surface area (Å²) in [5.41, 5.74) is 3.41. The number of nitrogens with one attached hydrogen (secondary N) is 1. The lowest BCUT2D eigenvalue weighted by Gasteiger charge is -2.08. The van der Waals surface area contributed by atoms with Crippen LogP contribution in [0.25, 0.3) is 0 Å². The average molecular weight is 226 g/mol. The van der Waals surface area contributed by atoms with Gasteiger partial charge >= 0.3 is 0 Å². The van der Waals surface area contributed by atoms with E-state index in [0.29, 0.717) is 6.42 Å². The monoisotopic (exact) mass is 225 g/mol. The maximum absolute atomic E-state index is 11.0. The zero-order valence-electron chi connectivity index (χ0n) is 6.43. The second-order valence-corrected chi connectivity index (χ2v) is 3.39. The first-order valence-electron chi connectivity index (χ1n) is 3.79. The summed E-state index contributed by atoms with van der Waals surface area (Å²) in [7, 11) is 0. The number of carbonyl (C=O) groups is 1. The number of hydrogen-bond donors (Lipinski definition) is 1. The van der Waals surface area contributed by atoms with Gasteiger partial charge in [0.15, 0.2) is 0 Å². The molecule has 62 valence electrons. The highest BCUT2D eigenvalue weighted by Crippen LogP contribution is 2.28. The minimum absolute atomic E-state index is 0.112. The van der Waals surface area contributed by atoms with Gasteiger partial charge in [0.2, 0.25) is 5.91 Å². The number of amides is 1. The third-order valence-corrected chi connectivity index (χ3v) is 2.64. The Balaban J connectivity index is 2.26. The van der Waals surface area contributed by atoms with Crippen molar-refractivity contribution in [3.8, 4) is 0 Å². The molecule has 0 bridgehead atoms. The van der Waals surface area contributed by atoms with Crippen molar-refractivity contribution in [1.82, 2.24) is 5.32 Å². The van der Waals surface area contributed by atoms with Crippen LogP contribution in [0.3, 0.4) is 0 Å². The van der Waals surface area contributed by atoms with Gasteiger partial charge in [-0.05, 0) is 28.6 Å². The second kappa shape index (κ2) is 2.90. The van der Waals surface area contributed by atoms with Gasteiger partial charge in [-0.25, -0.2) is 0 Å². The molecule has 1 heterocycles. The van der Waals surface area contributed by atoms with Gasteiger partial charge in [0.1, 0.15) is 0 Å². The number of allylic oxidation sites excluding steroid dienone is 3. The number of halogens is 1. The maximum atomic E-state index is 11.0. The van der Waals surface area contributed by atoms with Gasteiger partial charge in [-0.1, -0.05) is 22.0 Å². The zero-order valence-corrected chi connectivity index (χ0v) is 8.02. The van der Waals surface area contributed by atoms with Crippen molar-refractivity contribution in [2.75, 3.05) is 0 Å². The van der Waals surface area contributed by atoms with Gasteiger partial charge in [-0.15, -0.1) is 0 Å². The summed E-state index contributed by atoms with van der Waals surface area (Å²) in [5, 5.41) is 2.81. The van der Waals surface area contributed by atoms with Crippen LogP contribution in [0.4, 0.5) is 0 Å². The van der Waals surface area contributed by atoms with Gasteiger partial charge in [0.25, 0.3) is 0 Å². The van der Waals surface area contributed by atoms with Gasteiger partial charge < -0.3 is 5.32 Å². The predicted molar refractivity (Wildman–Crippen MR) is 50.6 cm³/mol. The molecule has 2 nitrogen and oxygen atoms in total. The molecule has 0 spiro atoms. The Morgan fingerprint density at radius 2 is 2.25 bits per heavy atom. The zero-order chi connectivity index (χ0) is 8.55. The molecular formula is C9H8BrNO. The molecule has 1 amide bonds. The van der Waals surface area contributed by atoms with Crippen molar-refractivity contribution >= 4 is 21.8 Å². The molecule has 2 rings (SSSR count). The van der Waals surface area contributed by atoms with Crippen LogP contribution >= 0.6 is 15.9 Å². The maximum Gasteiger partial charge on any atom is 0.228 e. The highest BCUT2D eigenvalue weighted by molar-refractivity contribution is 9.11. The Hall–Kier alpha value is -0.830. The van der Waals surface area contributed by atoms with E-state index >= 15 is 0 Å². The highest BCUT2D eigenvalue weighted by Gasteiger charge is 2.21. The van der Waals surface area contributed by atoms with E-state index in [1.807, 2.05) is 17.1 Å². The van der Waals surface area contributed by atoms with Crippen molar-refractivity contribution in [3.05, 3.63) is 34.0 Å². The fraction of sp³-hybridized carbons (Fsp3) is 0.222. The first-order valence-corrected chi connectivity index (χ1v) is 4.70. The van der Waals surface area contributed by atoms with Crippen molar-refractivity contribution < 1.29 is 4.79 Å². The van der Waals surface area contributed by atoms with Gasteiger partial charge in [-0.2, -0.15) is 0 Å². The molecule has 0 radical (unpaired) electrons. The fourth-order valence-electron chi connectivity index (χ4n) is 1.46. The van der Waals surface area contributed by atoms with Crippen molar-refractivity contribution in [3.63, 3.8) is 0 Å². The van der Waals surface area contributed by atoms with Crippen LogP contribution in [0.15, 0.2) is 34.0 Å². The van der Waals surface area contributed by atoms with E-state index in [1.54, 1.807) is 0 Å². The minimum atomic E-state index is 0.112. The van der Waals surface area contributed by atoms with Crippen molar-refractivity contribution in [2.24, 2.45) is 0 Å².